The molecule has 2 fully saturated rings. The third kappa shape index (κ3) is 5.73. The number of likely N-dealkylation sites (tertiary alicyclic amines) is 1. The van der Waals surface area contributed by atoms with E-state index in [2.05, 4.69) is 101 Å². The number of benzene rings is 3. The maximum absolute atomic E-state index is 6.49. The number of piperazine rings is 1. The van der Waals surface area contributed by atoms with Crippen molar-refractivity contribution in [2.45, 2.75) is 43.9 Å². The minimum Gasteiger partial charge on any atom is -0.367 e. The van der Waals surface area contributed by atoms with Crippen LogP contribution in [-0.2, 0) is 11.2 Å². The van der Waals surface area contributed by atoms with Gasteiger partial charge in [0.05, 0.1) is 6.61 Å². The second-order valence-corrected chi connectivity index (χ2v) is 9.54. The van der Waals surface area contributed by atoms with Gasteiger partial charge in [-0.3, -0.25) is 9.80 Å². The number of aryl methyl sites for hydroxylation is 1. The first-order valence-corrected chi connectivity index (χ1v) is 12.6. The van der Waals surface area contributed by atoms with Crippen molar-refractivity contribution in [3.05, 3.63) is 108 Å². The molecular formula is C30H36N2O. The molecule has 2 heterocycles. The van der Waals surface area contributed by atoms with E-state index in [9.17, 15) is 0 Å². The number of ether oxygens (including phenoxy) is 1. The van der Waals surface area contributed by atoms with Crippen LogP contribution < -0.4 is 0 Å². The van der Waals surface area contributed by atoms with Crippen LogP contribution >= 0.6 is 0 Å². The Balaban J connectivity index is 1.12. The molecule has 3 nitrogen and oxygen atoms in total. The first-order valence-electron chi connectivity index (χ1n) is 12.6. The fraction of sp³-hybridized carbons (Fsp3) is 0.400. The Kier molecular flexibility index (Phi) is 7.52. The van der Waals surface area contributed by atoms with Crippen LogP contribution in [0.2, 0.25) is 0 Å². The molecule has 0 aliphatic carbocycles. The first kappa shape index (κ1) is 22.3. The predicted octanol–water partition coefficient (Wildman–Crippen LogP) is 5.57. The largest absolute Gasteiger partial charge is 0.367 e. The van der Waals surface area contributed by atoms with Gasteiger partial charge in [-0.2, -0.15) is 0 Å². The van der Waals surface area contributed by atoms with E-state index in [1.165, 1.54) is 62.0 Å². The van der Waals surface area contributed by atoms with E-state index in [0.29, 0.717) is 0 Å². The van der Waals surface area contributed by atoms with Crippen LogP contribution in [0.3, 0.4) is 0 Å². The second-order valence-electron chi connectivity index (χ2n) is 9.54. The summed E-state index contributed by atoms with van der Waals surface area (Å²) in [6, 6.07) is 33.6. The van der Waals surface area contributed by atoms with Gasteiger partial charge in [0.15, 0.2) is 0 Å². The minimum absolute atomic E-state index is 0.00315. The molecule has 172 valence electrons. The molecule has 2 aliphatic rings. The number of hydrogen-bond donors (Lipinski definition) is 0. The molecule has 2 aliphatic heterocycles. The molecule has 0 aromatic heterocycles. The monoisotopic (exact) mass is 440 g/mol. The van der Waals surface area contributed by atoms with Crippen molar-refractivity contribution in [1.29, 1.82) is 0 Å². The predicted molar refractivity (Wildman–Crippen MR) is 135 cm³/mol. The molecule has 0 unspecified atom stereocenters. The Labute approximate surface area is 199 Å². The zero-order valence-electron chi connectivity index (χ0n) is 19.6. The zero-order chi connectivity index (χ0) is 22.3. The van der Waals surface area contributed by atoms with Gasteiger partial charge in [-0.05, 0) is 48.9 Å². The number of rotatable bonds is 10. The molecule has 3 aromatic carbocycles. The molecule has 5 rings (SSSR count). The molecule has 3 aromatic rings. The molecule has 2 atom stereocenters. The quantitative estimate of drug-likeness (QED) is 0.410. The van der Waals surface area contributed by atoms with Crippen molar-refractivity contribution in [3.63, 3.8) is 0 Å². The summed E-state index contributed by atoms with van der Waals surface area (Å²) in [5, 5.41) is 0. The summed E-state index contributed by atoms with van der Waals surface area (Å²) >= 11 is 0. The van der Waals surface area contributed by atoms with E-state index < -0.39 is 0 Å². The van der Waals surface area contributed by atoms with Gasteiger partial charge in [-0.15, -0.1) is 0 Å². The van der Waals surface area contributed by atoms with Crippen molar-refractivity contribution in [3.8, 4) is 0 Å². The normalized spacial score (nSPS) is 21.0. The fourth-order valence-electron chi connectivity index (χ4n) is 5.68. The highest BCUT2D eigenvalue weighted by Gasteiger charge is 2.39. The molecule has 33 heavy (non-hydrogen) atoms. The molecular weight excluding hydrogens is 404 g/mol. The summed E-state index contributed by atoms with van der Waals surface area (Å²) < 4.78 is 6.49. The van der Waals surface area contributed by atoms with Crippen LogP contribution in [0.15, 0.2) is 91.0 Å². The lowest BCUT2D eigenvalue weighted by atomic mass is 10.0. The summed E-state index contributed by atoms with van der Waals surface area (Å²) in [6.07, 6.45) is 5.15. The molecule has 3 heteroatoms. The van der Waals surface area contributed by atoms with Crippen molar-refractivity contribution in [1.82, 2.24) is 9.80 Å². The SMILES string of the molecule is c1ccc(CCCN2[C@@H]3CC[C@H]2CN(CCOC(c2ccccc2)c2ccccc2)C3)cc1. The van der Waals surface area contributed by atoms with Crippen LogP contribution in [0.5, 0.6) is 0 Å². The van der Waals surface area contributed by atoms with Gasteiger partial charge in [0.25, 0.3) is 0 Å². The Morgan fingerprint density at radius 2 is 1.24 bits per heavy atom. The van der Waals surface area contributed by atoms with Gasteiger partial charge in [0.1, 0.15) is 6.10 Å². The van der Waals surface area contributed by atoms with Gasteiger partial charge in [-0.1, -0.05) is 91.0 Å². The average Bonchev–Trinajstić information content (AvgIpc) is 3.11. The zero-order valence-corrected chi connectivity index (χ0v) is 19.6. The summed E-state index contributed by atoms with van der Waals surface area (Å²) in [5.74, 6) is 0. The minimum atomic E-state index is 0.00315. The van der Waals surface area contributed by atoms with Crippen LogP contribution in [0, 0.1) is 0 Å². The van der Waals surface area contributed by atoms with E-state index >= 15 is 0 Å². The first-order chi connectivity index (χ1) is 16.4. The second kappa shape index (κ2) is 11.1. The van der Waals surface area contributed by atoms with Crippen LogP contribution in [0.4, 0.5) is 0 Å². The number of fused-ring (bicyclic) bond motifs is 2. The van der Waals surface area contributed by atoms with E-state index in [4.69, 9.17) is 4.74 Å². The maximum Gasteiger partial charge on any atom is 0.108 e. The molecule has 0 N–H and O–H groups in total. The third-order valence-corrected chi connectivity index (χ3v) is 7.33. The summed E-state index contributed by atoms with van der Waals surface area (Å²) in [7, 11) is 0. The van der Waals surface area contributed by atoms with Gasteiger partial charge in [0, 0.05) is 31.7 Å². The van der Waals surface area contributed by atoms with Crippen molar-refractivity contribution in [2.75, 3.05) is 32.8 Å². The van der Waals surface area contributed by atoms with Crippen molar-refractivity contribution < 1.29 is 4.74 Å². The molecule has 0 spiro atoms. The summed E-state index contributed by atoms with van der Waals surface area (Å²) in [4.78, 5) is 5.44. The Hall–Kier alpha value is -2.46. The van der Waals surface area contributed by atoms with E-state index in [1.54, 1.807) is 0 Å². The van der Waals surface area contributed by atoms with E-state index in [0.717, 1.165) is 25.2 Å². The highest BCUT2D eigenvalue weighted by atomic mass is 16.5. The highest BCUT2D eigenvalue weighted by molar-refractivity contribution is 5.29. The molecule has 0 saturated carbocycles. The average molecular weight is 441 g/mol. The van der Waals surface area contributed by atoms with Crippen LogP contribution in [-0.4, -0.2) is 54.7 Å². The smallest absolute Gasteiger partial charge is 0.108 e. The summed E-state index contributed by atoms with van der Waals surface area (Å²) in [5.41, 5.74) is 3.92. The van der Waals surface area contributed by atoms with Crippen LogP contribution in [0.1, 0.15) is 42.1 Å². The van der Waals surface area contributed by atoms with Gasteiger partial charge < -0.3 is 4.74 Å². The number of nitrogens with zero attached hydrogens (tertiary/aromatic N) is 2. The lowest BCUT2D eigenvalue weighted by molar-refractivity contribution is 0.0236. The van der Waals surface area contributed by atoms with Gasteiger partial charge in [-0.25, -0.2) is 0 Å². The van der Waals surface area contributed by atoms with Crippen molar-refractivity contribution >= 4 is 0 Å². The van der Waals surface area contributed by atoms with Gasteiger partial charge >= 0.3 is 0 Å². The molecule has 0 radical (unpaired) electrons. The lowest BCUT2D eigenvalue weighted by Crippen LogP contribution is -2.54. The fourth-order valence-corrected chi connectivity index (χ4v) is 5.68. The van der Waals surface area contributed by atoms with Gasteiger partial charge in [0.2, 0.25) is 0 Å². The van der Waals surface area contributed by atoms with Crippen molar-refractivity contribution in [2.24, 2.45) is 0 Å². The maximum atomic E-state index is 6.49. The summed E-state index contributed by atoms with van der Waals surface area (Å²) in [6.45, 7) is 5.39. The number of hydrogen-bond acceptors (Lipinski definition) is 3. The lowest BCUT2D eigenvalue weighted by Gasteiger charge is -2.41. The van der Waals surface area contributed by atoms with E-state index in [1.807, 2.05) is 0 Å². The Morgan fingerprint density at radius 3 is 1.82 bits per heavy atom. The van der Waals surface area contributed by atoms with Crippen LogP contribution in [0.25, 0.3) is 0 Å². The standard InChI is InChI=1S/C30H36N2O/c1-4-11-25(12-5-1)13-10-20-32-28-18-19-29(32)24-31(23-28)21-22-33-30(26-14-6-2-7-15-26)27-16-8-3-9-17-27/h1-9,11-12,14-17,28-30H,10,13,18-24H2/t28-,29+. The topological polar surface area (TPSA) is 15.7 Å². The Morgan fingerprint density at radius 1 is 0.697 bits per heavy atom. The molecule has 2 saturated heterocycles. The molecule has 0 amide bonds. The highest BCUT2D eigenvalue weighted by Crippen LogP contribution is 2.31. The Bertz CT molecular complexity index is 909. The molecule has 2 bridgehead atoms. The van der Waals surface area contributed by atoms with E-state index in [-0.39, 0.29) is 6.10 Å². The third-order valence-electron chi connectivity index (χ3n) is 7.33.